The van der Waals surface area contributed by atoms with Gasteiger partial charge >= 0.3 is 0 Å². The minimum absolute atomic E-state index is 0.00180. The summed E-state index contributed by atoms with van der Waals surface area (Å²) in [5.41, 5.74) is 43.8. The Labute approximate surface area is 740 Å². The molecule has 4 aromatic heterocycles. The Morgan fingerprint density at radius 3 is 0.927 bits per heavy atom. The molecule has 124 heavy (non-hydrogen) atoms. The molecule has 4 heteroatoms. The first-order chi connectivity index (χ1) is 58.5. The summed E-state index contributed by atoms with van der Waals surface area (Å²) in [5.74, 6) is 0. The van der Waals surface area contributed by atoms with E-state index in [1.54, 1.807) is 0 Å². The molecule has 4 heterocycles. The molecule has 624 valence electrons. The van der Waals surface area contributed by atoms with Crippen LogP contribution < -0.4 is 18.3 Å². The third-order valence-electron chi connectivity index (χ3n) is 32.1. The van der Waals surface area contributed by atoms with Gasteiger partial charge in [-0.05, 0) is 285 Å². The van der Waals surface area contributed by atoms with Crippen LogP contribution in [0.5, 0.6) is 0 Å². The molecule has 0 atom stereocenters. The number of nitrogens with zero attached hydrogens (tertiary/aromatic N) is 4. The first-order valence-corrected chi connectivity index (χ1v) is 45.1. The highest BCUT2D eigenvalue weighted by Gasteiger charge is 2.52. The summed E-state index contributed by atoms with van der Waals surface area (Å²) < 4.78 is 9.08. The van der Waals surface area contributed by atoms with Crippen LogP contribution in [0.25, 0.3) is 133 Å². The minimum Gasteiger partial charge on any atom is -0.201 e. The molecular formula is C120H128N4+4. The molecular weight excluding hydrogens is 1500 g/mol. The second kappa shape index (κ2) is 30.0. The zero-order valence-electron chi connectivity index (χ0n) is 79.2. The minimum atomic E-state index is -0.00875. The smallest absolute Gasteiger partial charge is 0.201 e. The summed E-state index contributed by atoms with van der Waals surface area (Å²) in [5, 5.41) is 10.8. The monoisotopic (exact) mass is 1630 g/mol. The van der Waals surface area contributed by atoms with Gasteiger partial charge < -0.3 is 0 Å². The number of aromatic nitrogens is 4. The van der Waals surface area contributed by atoms with Crippen LogP contribution in [0, 0.1) is 55.4 Å². The molecule has 0 radical (unpaired) electrons. The highest BCUT2D eigenvalue weighted by Crippen LogP contribution is 2.62. The predicted molar refractivity (Wildman–Crippen MR) is 526 cm³/mol. The van der Waals surface area contributed by atoms with Gasteiger partial charge in [0, 0.05) is 73.9 Å². The van der Waals surface area contributed by atoms with E-state index in [4.69, 9.17) is 0 Å². The first kappa shape index (κ1) is 84.5. The molecule has 4 aliphatic rings. The number of hydrogen-bond donors (Lipinski definition) is 0. The summed E-state index contributed by atoms with van der Waals surface area (Å²) in [6.45, 7) is 56.4. The Balaban J connectivity index is 0.000000117. The van der Waals surface area contributed by atoms with Crippen LogP contribution in [0.15, 0.2) is 267 Å². The van der Waals surface area contributed by atoms with E-state index in [9.17, 15) is 0 Å². The largest absolute Gasteiger partial charge is 0.213 e. The number of hydrogen-bond acceptors (Lipinski definition) is 0. The maximum Gasteiger partial charge on any atom is 0.213 e. The third kappa shape index (κ3) is 13.0. The van der Waals surface area contributed by atoms with E-state index in [0.29, 0.717) is 0 Å². The predicted octanol–water partition coefficient (Wildman–Crippen LogP) is 28.7. The van der Waals surface area contributed by atoms with Crippen molar-refractivity contribution in [3.63, 3.8) is 0 Å². The van der Waals surface area contributed by atoms with Crippen LogP contribution in [0.1, 0.15) is 200 Å². The fraction of sp³-hybridized carbons (Fsp3) is 0.300. The fourth-order valence-electron chi connectivity index (χ4n) is 22.4. The quantitative estimate of drug-likeness (QED) is 0.156. The summed E-state index contributed by atoms with van der Waals surface area (Å²) in [7, 11) is 8.63. The van der Waals surface area contributed by atoms with Gasteiger partial charge in [-0.2, -0.15) is 0 Å². The van der Waals surface area contributed by atoms with Crippen molar-refractivity contribution in [2.75, 3.05) is 0 Å². The van der Waals surface area contributed by atoms with Gasteiger partial charge in [0.2, 0.25) is 22.8 Å². The molecule has 0 amide bonds. The van der Waals surface area contributed by atoms with E-state index in [2.05, 4.69) is 480 Å². The van der Waals surface area contributed by atoms with Gasteiger partial charge in [-0.1, -0.05) is 281 Å². The number of fused-ring (bicyclic) bond motifs is 19. The van der Waals surface area contributed by atoms with E-state index in [1.165, 1.54) is 222 Å². The lowest BCUT2D eigenvalue weighted by atomic mass is 9.54. The number of aryl methyl sites for hydroxylation is 11. The van der Waals surface area contributed by atoms with Crippen molar-refractivity contribution >= 4 is 43.1 Å². The average molecular weight is 1630 g/mol. The summed E-state index contributed by atoms with van der Waals surface area (Å²) in [6.07, 6.45) is 8.88. The van der Waals surface area contributed by atoms with Crippen LogP contribution in [0.4, 0.5) is 0 Å². The molecule has 20 rings (SSSR count). The van der Waals surface area contributed by atoms with Crippen molar-refractivity contribution in [2.24, 2.45) is 28.2 Å². The van der Waals surface area contributed by atoms with Gasteiger partial charge in [0.15, 0.2) is 24.8 Å². The molecule has 0 aliphatic heterocycles. The molecule has 16 aromatic rings. The van der Waals surface area contributed by atoms with E-state index in [-0.39, 0.29) is 43.3 Å². The van der Waals surface area contributed by atoms with Crippen molar-refractivity contribution in [2.45, 2.75) is 209 Å². The lowest BCUT2D eigenvalue weighted by Gasteiger charge is -2.49. The Morgan fingerprint density at radius 2 is 0.500 bits per heavy atom. The molecule has 4 aliphatic carbocycles. The standard InChI is InChI=1S/4C30H32N/c1-19-12-17-25(31(7)18-19)26-20(2)13-16-24-27(26)23-15-14-21-10-8-9-11-22(21)28(23)30(5,6)29(24,3)4;1-19-12-17-26(31(7)18-19)22-15-16-25-27(20(22)2)24-14-13-21-10-8-9-11-23(21)28(24)30(5,6)29(25,3)4;1-19-12-15-27(31(7)18-19)24-17-26-25(16-20(24)2)23-14-13-21-10-8-9-11-22(21)28(23)30(5,6)29(26,3)4;1-19-12-15-26(31(7)18-19)27-20(2)13-14-24-28(27)23-16-21-10-8-9-11-22(21)17-25(23)30(5,6)29(24,3)4/h4*8-18H,1-7H3/q4*+1. The molecule has 0 fully saturated rings. The van der Waals surface area contributed by atoms with Crippen LogP contribution >= 0.6 is 0 Å². The molecule has 0 spiro atoms. The molecule has 0 N–H and O–H groups in total. The van der Waals surface area contributed by atoms with Crippen LogP contribution in [-0.4, -0.2) is 0 Å². The second-order valence-corrected chi connectivity index (χ2v) is 41.4. The number of pyridine rings is 4. The van der Waals surface area contributed by atoms with Gasteiger partial charge in [0.25, 0.3) is 0 Å². The van der Waals surface area contributed by atoms with E-state index in [0.717, 1.165) is 0 Å². The first-order valence-electron chi connectivity index (χ1n) is 45.1. The summed E-state index contributed by atoms with van der Waals surface area (Å²) in [4.78, 5) is 0. The molecule has 4 nitrogen and oxygen atoms in total. The number of benzene rings is 12. The van der Waals surface area contributed by atoms with Crippen LogP contribution in [0.2, 0.25) is 0 Å². The van der Waals surface area contributed by atoms with Crippen LogP contribution in [-0.2, 0) is 71.5 Å². The Hall–Kier alpha value is -11.7. The maximum absolute atomic E-state index is 2.47. The van der Waals surface area contributed by atoms with E-state index >= 15 is 0 Å². The van der Waals surface area contributed by atoms with Gasteiger partial charge in [-0.3, -0.25) is 0 Å². The topological polar surface area (TPSA) is 15.5 Å². The Bertz CT molecular complexity index is 6990. The second-order valence-electron chi connectivity index (χ2n) is 41.4. The lowest BCUT2D eigenvalue weighted by molar-refractivity contribution is -0.660. The Morgan fingerprint density at radius 1 is 0.194 bits per heavy atom. The van der Waals surface area contributed by atoms with Gasteiger partial charge in [-0.15, -0.1) is 0 Å². The molecule has 0 saturated heterocycles. The zero-order valence-corrected chi connectivity index (χ0v) is 79.2. The molecule has 0 bridgehead atoms. The van der Waals surface area contributed by atoms with E-state index in [1.807, 2.05) is 0 Å². The van der Waals surface area contributed by atoms with Gasteiger partial charge in [-0.25, -0.2) is 18.3 Å². The third-order valence-corrected chi connectivity index (χ3v) is 32.1. The van der Waals surface area contributed by atoms with Gasteiger partial charge in [0.05, 0.1) is 11.1 Å². The summed E-state index contributed by atoms with van der Waals surface area (Å²) in [6, 6.07) is 91.1. The SMILES string of the molecule is Cc1ccc(-c2c(C)ccc3c2-c2cc4ccccc4cc2C(C)(C)C3(C)C)[n+](C)c1.Cc1ccc(-c2c(C)ccc3c2-c2ccc4ccccc4c2C(C)(C)C3(C)C)[n+](C)c1.Cc1ccc(-c2cc3c(cc2C)-c2ccc4ccccc4c2C(C)(C)C3(C)C)[n+](C)c1.Cc1ccc(-c2ccc3c(c2C)-c2ccc4ccccc4c2C(C)(C)C3(C)C)[n+](C)c1. The average Bonchev–Trinajstić information content (AvgIpc) is 0.708. The fourth-order valence-corrected chi connectivity index (χ4v) is 22.4. The van der Waals surface area contributed by atoms with Crippen molar-refractivity contribution in [3.05, 3.63) is 356 Å². The normalized spacial score (nSPS) is 16.1. The van der Waals surface area contributed by atoms with Crippen molar-refractivity contribution < 1.29 is 18.3 Å². The van der Waals surface area contributed by atoms with E-state index < -0.39 is 0 Å². The summed E-state index contributed by atoms with van der Waals surface area (Å²) >= 11 is 0. The molecule has 12 aromatic carbocycles. The zero-order chi connectivity index (χ0) is 88.5. The van der Waals surface area contributed by atoms with Gasteiger partial charge in [0.1, 0.15) is 28.2 Å². The highest BCUT2D eigenvalue weighted by molar-refractivity contribution is 6.02. The highest BCUT2D eigenvalue weighted by atomic mass is 14.9. The molecule has 0 unspecified atom stereocenters. The maximum atomic E-state index is 2.47. The van der Waals surface area contributed by atoms with Crippen molar-refractivity contribution in [1.29, 1.82) is 0 Å². The molecule has 0 saturated carbocycles. The lowest BCUT2D eigenvalue weighted by Crippen LogP contribution is -2.44. The number of rotatable bonds is 4. The Kier molecular flexibility index (Phi) is 20.5. The van der Waals surface area contributed by atoms with Crippen molar-refractivity contribution in [3.8, 4) is 89.5 Å². The van der Waals surface area contributed by atoms with Crippen LogP contribution in [0.3, 0.4) is 0 Å². The van der Waals surface area contributed by atoms with Crippen molar-refractivity contribution in [1.82, 2.24) is 0 Å².